The van der Waals surface area contributed by atoms with Gasteiger partial charge in [0.1, 0.15) is 0 Å². The van der Waals surface area contributed by atoms with E-state index in [1.165, 1.54) is 10.2 Å². The lowest BCUT2D eigenvalue weighted by Gasteiger charge is -1.92. The van der Waals surface area contributed by atoms with E-state index in [0.29, 0.717) is 0 Å². The number of rotatable bonds is 0. The lowest BCUT2D eigenvalue weighted by atomic mass is 10.3. The number of benzene rings is 1. The normalized spacial score (nSPS) is 11.8. The SMILES string of the molecule is c1ccc2c(c1)sc1nc3ncccc3n12. The maximum absolute atomic E-state index is 4.52. The summed E-state index contributed by atoms with van der Waals surface area (Å²) < 4.78 is 3.43. The number of hydrogen-bond donors (Lipinski definition) is 0. The molecule has 0 radical (unpaired) electrons. The fourth-order valence-corrected chi connectivity index (χ4v) is 3.05. The van der Waals surface area contributed by atoms with Gasteiger partial charge in [0.2, 0.25) is 0 Å². The number of thiazole rings is 1. The highest BCUT2D eigenvalue weighted by atomic mass is 32.1. The number of fused-ring (bicyclic) bond motifs is 5. The second-order valence-corrected chi connectivity index (χ2v) is 4.65. The maximum atomic E-state index is 4.52. The Morgan fingerprint density at radius 3 is 2.88 bits per heavy atom. The minimum atomic E-state index is 0.819. The molecule has 0 amide bonds. The molecule has 4 heteroatoms. The molecule has 0 aliphatic carbocycles. The monoisotopic (exact) mass is 225 g/mol. The number of hydrogen-bond acceptors (Lipinski definition) is 3. The molecule has 4 rings (SSSR count). The fourth-order valence-electron chi connectivity index (χ4n) is 2.02. The van der Waals surface area contributed by atoms with E-state index in [9.17, 15) is 0 Å². The van der Waals surface area contributed by atoms with Crippen molar-refractivity contribution < 1.29 is 0 Å². The van der Waals surface area contributed by atoms with E-state index in [-0.39, 0.29) is 0 Å². The molecule has 0 aliphatic rings. The highest BCUT2D eigenvalue weighted by Crippen LogP contribution is 2.28. The van der Waals surface area contributed by atoms with Crippen LogP contribution >= 0.6 is 11.3 Å². The summed E-state index contributed by atoms with van der Waals surface area (Å²) in [6.45, 7) is 0. The van der Waals surface area contributed by atoms with Gasteiger partial charge in [-0.3, -0.25) is 4.40 Å². The summed E-state index contributed by atoms with van der Waals surface area (Å²) in [6, 6.07) is 12.4. The first kappa shape index (κ1) is 8.24. The van der Waals surface area contributed by atoms with Crippen LogP contribution in [0.15, 0.2) is 42.6 Å². The van der Waals surface area contributed by atoms with Gasteiger partial charge in [-0.15, -0.1) is 0 Å². The fraction of sp³-hybridized carbons (Fsp3) is 0. The Kier molecular flexibility index (Phi) is 1.44. The van der Waals surface area contributed by atoms with Gasteiger partial charge in [-0.05, 0) is 24.3 Å². The summed E-state index contributed by atoms with van der Waals surface area (Å²) >= 11 is 1.70. The molecule has 0 spiro atoms. The quantitative estimate of drug-likeness (QED) is 0.460. The van der Waals surface area contributed by atoms with Crippen LogP contribution in [0.25, 0.3) is 26.3 Å². The molecule has 0 N–H and O–H groups in total. The number of imidazole rings is 1. The Morgan fingerprint density at radius 1 is 1.00 bits per heavy atom. The number of para-hydroxylation sites is 1. The van der Waals surface area contributed by atoms with Gasteiger partial charge in [0, 0.05) is 6.20 Å². The molecular formula is C12H7N3S. The van der Waals surface area contributed by atoms with E-state index in [4.69, 9.17) is 0 Å². The zero-order valence-electron chi connectivity index (χ0n) is 8.29. The lowest BCUT2D eigenvalue weighted by molar-refractivity contribution is 1.34. The largest absolute Gasteiger partial charge is 0.281 e. The summed E-state index contributed by atoms with van der Waals surface area (Å²) in [6.07, 6.45) is 1.78. The van der Waals surface area contributed by atoms with Gasteiger partial charge in [0.15, 0.2) is 10.6 Å². The summed E-state index contributed by atoms with van der Waals surface area (Å²) in [4.78, 5) is 9.80. The third-order valence-electron chi connectivity index (χ3n) is 2.71. The average molecular weight is 225 g/mol. The highest BCUT2D eigenvalue weighted by molar-refractivity contribution is 7.23. The van der Waals surface area contributed by atoms with Gasteiger partial charge in [-0.2, -0.15) is 4.98 Å². The number of pyridine rings is 1. The van der Waals surface area contributed by atoms with E-state index >= 15 is 0 Å². The minimum absolute atomic E-state index is 0.819. The van der Waals surface area contributed by atoms with Gasteiger partial charge in [-0.1, -0.05) is 23.5 Å². The van der Waals surface area contributed by atoms with Crippen LogP contribution in [0.3, 0.4) is 0 Å². The molecule has 1 aromatic carbocycles. The Bertz CT molecular complexity index is 747. The molecule has 0 bridgehead atoms. The second-order valence-electron chi connectivity index (χ2n) is 3.65. The Labute approximate surface area is 95.0 Å². The van der Waals surface area contributed by atoms with Gasteiger partial charge in [-0.25, -0.2) is 4.98 Å². The minimum Gasteiger partial charge on any atom is -0.281 e. The second kappa shape index (κ2) is 2.80. The van der Waals surface area contributed by atoms with Crippen LogP contribution in [0.5, 0.6) is 0 Å². The van der Waals surface area contributed by atoms with Crippen LogP contribution < -0.4 is 0 Å². The van der Waals surface area contributed by atoms with E-state index in [1.807, 2.05) is 6.07 Å². The first-order chi connectivity index (χ1) is 7.93. The Morgan fingerprint density at radius 2 is 1.88 bits per heavy atom. The zero-order chi connectivity index (χ0) is 10.5. The van der Waals surface area contributed by atoms with Crippen LogP contribution in [0, 0.1) is 0 Å². The third-order valence-corrected chi connectivity index (χ3v) is 3.73. The predicted octanol–water partition coefficient (Wildman–Crippen LogP) is 3.10. The Hall–Kier alpha value is -1.94. The molecule has 4 aromatic rings. The number of aromatic nitrogens is 3. The van der Waals surface area contributed by atoms with Crippen molar-refractivity contribution in [2.75, 3.05) is 0 Å². The Balaban J connectivity index is 2.38. The molecule has 0 saturated heterocycles. The van der Waals surface area contributed by atoms with Crippen LogP contribution in [-0.2, 0) is 0 Å². The molecule has 0 fully saturated rings. The summed E-state index contributed by atoms with van der Waals surface area (Å²) in [5.74, 6) is 0. The van der Waals surface area contributed by atoms with E-state index < -0.39 is 0 Å². The van der Waals surface area contributed by atoms with Crippen LogP contribution in [0.2, 0.25) is 0 Å². The van der Waals surface area contributed by atoms with Crippen molar-refractivity contribution >= 4 is 37.7 Å². The van der Waals surface area contributed by atoms with Gasteiger partial charge in [0.05, 0.1) is 15.7 Å². The molecule has 3 nitrogen and oxygen atoms in total. The highest BCUT2D eigenvalue weighted by Gasteiger charge is 2.10. The molecule has 0 aliphatic heterocycles. The van der Waals surface area contributed by atoms with Crippen molar-refractivity contribution in [3.05, 3.63) is 42.6 Å². The summed E-state index contributed by atoms with van der Waals surface area (Å²) in [5, 5.41) is 0. The van der Waals surface area contributed by atoms with E-state index in [0.717, 1.165) is 16.1 Å². The van der Waals surface area contributed by atoms with Crippen molar-refractivity contribution in [1.29, 1.82) is 0 Å². The topological polar surface area (TPSA) is 30.2 Å². The van der Waals surface area contributed by atoms with Crippen molar-refractivity contribution in [1.82, 2.24) is 14.4 Å². The molecule has 0 saturated carbocycles. The van der Waals surface area contributed by atoms with E-state index in [1.54, 1.807) is 17.5 Å². The molecule has 0 atom stereocenters. The molecule has 16 heavy (non-hydrogen) atoms. The first-order valence-corrected chi connectivity index (χ1v) is 5.86. The van der Waals surface area contributed by atoms with Crippen LogP contribution in [0.1, 0.15) is 0 Å². The summed E-state index contributed by atoms with van der Waals surface area (Å²) in [5.41, 5.74) is 3.10. The third kappa shape index (κ3) is 0.919. The average Bonchev–Trinajstić information content (AvgIpc) is 2.83. The van der Waals surface area contributed by atoms with Crippen molar-refractivity contribution in [3.8, 4) is 0 Å². The molecule has 0 unspecified atom stereocenters. The predicted molar refractivity (Wildman–Crippen MR) is 65.9 cm³/mol. The lowest BCUT2D eigenvalue weighted by Crippen LogP contribution is -1.80. The van der Waals surface area contributed by atoms with Gasteiger partial charge >= 0.3 is 0 Å². The summed E-state index contributed by atoms with van der Waals surface area (Å²) in [7, 11) is 0. The van der Waals surface area contributed by atoms with Crippen molar-refractivity contribution in [3.63, 3.8) is 0 Å². The van der Waals surface area contributed by atoms with Crippen molar-refractivity contribution in [2.24, 2.45) is 0 Å². The van der Waals surface area contributed by atoms with Crippen LogP contribution in [-0.4, -0.2) is 14.4 Å². The van der Waals surface area contributed by atoms with Crippen LogP contribution in [0.4, 0.5) is 0 Å². The van der Waals surface area contributed by atoms with Crippen molar-refractivity contribution in [2.45, 2.75) is 0 Å². The van der Waals surface area contributed by atoms with Gasteiger partial charge in [0.25, 0.3) is 0 Å². The standard InChI is InChI=1S/C12H7N3S/c1-2-6-10-8(4-1)15-9-5-3-7-13-11(9)14-12(15)16-10/h1-7H. The molecular weight excluding hydrogens is 218 g/mol. The smallest absolute Gasteiger partial charge is 0.197 e. The number of nitrogens with zero attached hydrogens (tertiary/aromatic N) is 3. The maximum Gasteiger partial charge on any atom is 0.197 e. The molecule has 3 aromatic heterocycles. The first-order valence-electron chi connectivity index (χ1n) is 5.04. The molecule has 3 heterocycles. The zero-order valence-corrected chi connectivity index (χ0v) is 9.11. The molecule has 76 valence electrons. The van der Waals surface area contributed by atoms with Gasteiger partial charge < -0.3 is 0 Å². The van der Waals surface area contributed by atoms with E-state index in [2.05, 4.69) is 44.7 Å².